The van der Waals surface area contributed by atoms with Crippen LogP contribution in [0.25, 0.3) is 0 Å². The Morgan fingerprint density at radius 1 is 1.00 bits per heavy atom. The molecule has 2 rings (SSSR count). The molecule has 18 heavy (non-hydrogen) atoms. The Morgan fingerprint density at radius 2 is 1.67 bits per heavy atom. The number of hydrogen-bond acceptors (Lipinski definition) is 2. The van der Waals surface area contributed by atoms with Gasteiger partial charge in [-0.15, -0.1) is 0 Å². The van der Waals surface area contributed by atoms with Crippen molar-refractivity contribution in [2.75, 3.05) is 32.7 Å². The minimum atomic E-state index is 0.367. The monoisotopic (exact) mass is 252 g/mol. The van der Waals surface area contributed by atoms with Gasteiger partial charge in [0, 0.05) is 19.6 Å². The van der Waals surface area contributed by atoms with Crippen LogP contribution in [0.3, 0.4) is 0 Å². The van der Waals surface area contributed by atoms with E-state index in [1.807, 2.05) is 0 Å². The predicted octanol–water partition coefficient (Wildman–Crippen LogP) is 2.51. The van der Waals surface area contributed by atoms with Gasteiger partial charge < -0.3 is 4.90 Å². The Labute approximate surface area is 112 Å². The molecule has 0 aromatic carbocycles. The number of rotatable bonds is 2. The van der Waals surface area contributed by atoms with Gasteiger partial charge in [0.2, 0.25) is 5.91 Å². The molecular weight excluding hydrogens is 224 g/mol. The van der Waals surface area contributed by atoms with Gasteiger partial charge in [0.05, 0.1) is 6.54 Å². The van der Waals surface area contributed by atoms with E-state index in [0.29, 0.717) is 12.5 Å². The topological polar surface area (TPSA) is 23.6 Å². The number of amides is 1. The summed E-state index contributed by atoms with van der Waals surface area (Å²) >= 11 is 0. The second-order valence-corrected chi connectivity index (χ2v) is 6.13. The van der Waals surface area contributed by atoms with Crippen LogP contribution in [0.15, 0.2) is 0 Å². The number of carbonyl (C=O) groups is 1. The smallest absolute Gasteiger partial charge is 0.236 e. The van der Waals surface area contributed by atoms with Crippen molar-refractivity contribution >= 4 is 5.91 Å². The average Bonchev–Trinajstić information content (AvgIpc) is 2.28. The van der Waals surface area contributed by atoms with E-state index in [4.69, 9.17) is 0 Å². The molecule has 104 valence electrons. The van der Waals surface area contributed by atoms with Crippen molar-refractivity contribution in [1.82, 2.24) is 9.80 Å². The molecule has 2 aliphatic heterocycles. The second kappa shape index (κ2) is 7.13. The molecule has 0 aromatic heterocycles. The van der Waals surface area contributed by atoms with E-state index in [0.717, 1.165) is 32.1 Å². The lowest BCUT2D eigenvalue weighted by molar-refractivity contribution is -0.133. The Bertz CT molecular complexity index is 259. The number of likely N-dealkylation sites (tertiary alicyclic amines) is 2. The van der Waals surface area contributed by atoms with Crippen LogP contribution in [-0.4, -0.2) is 48.4 Å². The van der Waals surface area contributed by atoms with E-state index in [1.165, 1.54) is 44.9 Å². The van der Waals surface area contributed by atoms with Gasteiger partial charge in [-0.3, -0.25) is 9.69 Å². The number of piperidine rings is 1. The Hall–Kier alpha value is -0.570. The highest BCUT2D eigenvalue weighted by Crippen LogP contribution is 2.16. The van der Waals surface area contributed by atoms with Gasteiger partial charge >= 0.3 is 0 Å². The van der Waals surface area contributed by atoms with Crippen LogP contribution in [0.5, 0.6) is 0 Å². The van der Waals surface area contributed by atoms with Crippen LogP contribution in [0.2, 0.25) is 0 Å². The van der Waals surface area contributed by atoms with Crippen molar-refractivity contribution in [1.29, 1.82) is 0 Å². The van der Waals surface area contributed by atoms with Crippen LogP contribution in [0.4, 0.5) is 0 Å². The zero-order chi connectivity index (χ0) is 12.8. The lowest BCUT2D eigenvalue weighted by Crippen LogP contribution is -2.44. The summed E-state index contributed by atoms with van der Waals surface area (Å²) in [5.74, 6) is 1.13. The van der Waals surface area contributed by atoms with Crippen molar-refractivity contribution in [3.8, 4) is 0 Å². The highest BCUT2D eigenvalue weighted by atomic mass is 16.2. The number of carbonyl (C=O) groups excluding carboxylic acids is 1. The van der Waals surface area contributed by atoms with Crippen LogP contribution >= 0.6 is 0 Å². The van der Waals surface area contributed by atoms with Gasteiger partial charge in [-0.1, -0.05) is 26.2 Å². The van der Waals surface area contributed by atoms with Gasteiger partial charge in [0.25, 0.3) is 0 Å². The lowest BCUT2D eigenvalue weighted by atomic mass is 10.0. The third-order valence-electron chi connectivity index (χ3n) is 4.31. The molecule has 1 atom stereocenters. The first-order valence-electron chi connectivity index (χ1n) is 7.76. The van der Waals surface area contributed by atoms with Crippen LogP contribution in [-0.2, 0) is 4.79 Å². The molecule has 0 aliphatic carbocycles. The Kier molecular flexibility index (Phi) is 5.48. The normalized spacial score (nSPS) is 27.6. The highest BCUT2D eigenvalue weighted by molar-refractivity contribution is 5.78. The van der Waals surface area contributed by atoms with Gasteiger partial charge in [-0.05, 0) is 38.1 Å². The molecular formula is C15H28N2O. The molecule has 0 radical (unpaired) electrons. The first kappa shape index (κ1) is 13.9. The lowest BCUT2D eigenvalue weighted by Gasteiger charge is -2.33. The molecule has 1 amide bonds. The summed E-state index contributed by atoms with van der Waals surface area (Å²) in [7, 11) is 0. The molecule has 1 unspecified atom stereocenters. The van der Waals surface area contributed by atoms with E-state index in [-0.39, 0.29) is 0 Å². The summed E-state index contributed by atoms with van der Waals surface area (Å²) in [5.41, 5.74) is 0. The maximum absolute atomic E-state index is 12.3. The van der Waals surface area contributed by atoms with Crippen LogP contribution in [0, 0.1) is 5.92 Å². The van der Waals surface area contributed by atoms with Crippen LogP contribution < -0.4 is 0 Å². The van der Waals surface area contributed by atoms with Crippen molar-refractivity contribution in [2.24, 2.45) is 5.92 Å². The molecule has 2 saturated heterocycles. The van der Waals surface area contributed by atoms with Crippen molar-refractivity contribution in [2.45, 2.75) is 51.9 Å². The quantitative estimate of drug-likeness (QED) is 0.754. The van der Waals surface area contributed by atoms with Gasteiger partial charge in [0.1, 0.15) is 0 Å². The summed E-state index contributed by atoms with van der Waals surface area (Å²) in [6.07, 6.45) is 8.92. The largest absolute Gasteiger partial charge is 0.342 e. The molecule has 0 aromatic rings. The molecule has 0 saturated carbocycles. The second-order valence-electron chi connectivity index (χ2n) is 6.13. The molecule has 0 spiro atoms. The van der Waals surface area contributed by atoms with Crippen LogP contribution in [0.1, 0.15) is 51.9 Å². The third-order valence-corrected chi connectivity index (χ3v) is 4.31. The summed E-state index contributed by atoms with van der Waals surface area (Å²) in [6.45, 7) is 7.16. The summed E-state index contributed by atoms with van der Waals surface area (Å²) < 4.78 is 0. The highest BCUT2D eigenvalue weighted by Gasteiger charge is 2.21. The zero-order valence-electron chi connectivity index (χ0n) is 11.9. The minimum absolute atomic E-state index is 0.367. The Balaban J connectivity index is 1.78. The average molecular weight is 252 g/mol. The maximum Gasteiger partial charge on any atom is 0.236 e. The van der Waals surface area contributed by atoms with Crippen molar-refractivity contribution < 1.29 is 4.79 Å². The van der Waals surface area contributed by atoms with E-state index < -0.39 is 0 Å². The molecule has 2 fully saturated rings. The molecule has 0 bridgehead atoms. The molecule has 0 N–H and O–H groups in total. The maximum atomic E-state index is 12.3. The standard InChI is InChI=1S/C15H28N2O/c1-14-8-7-9-16(12-14)13-15(18)17-10-5-3-2-4-6-11-17/h14H,2-13H2,1H3. The van der Waals surface area contributed by atoms with Gasteiger partial charge in [-0.25, -0.2) is 0 Å². The fraction of sp³-hybridized carbons (Fsp3) is 0.933. The molecule has 2 aliphatic rings. The number of hydrogen-bond donors (Lipinski definition) is 0. The fourth-order valence-electron chi connectivity index (χ4n) is 3.22. The Morgan fingerprint density at radius 3 is 2.33 bits per heavy atom. The fourth-order valence-corrected chi connectivity index (χ4v) is 3.22. The SMILES string of the molecule is CC1CCCN(CC(=O)N2CCCCCCC2)C1. The van der Waals surface area contributed by atoms with Gasteiger partial charge in [0.15, 0.2) is 0 Å². The van der Waals surface area contributed by atoms with E-state index in [9.17, 15) is 4.79 Å². The minimum Gasteiger partial charge on any atom is -0.342 e. The van der Waals surface area contributed by atoms with E-state index in [1.54, 1.807) is 0 Å². The summed E-state index contributed by atoms with van der Waals surface area (Å²) in [4.78, 5) is 16.8. The van der Waals surface area contributed by atoms with E-state index in [2.05, 4.69) is 16.7 Å². The van der Waals surface area contributed by atoms with Gasteiger partial charge in [-0.2, -0.15) is 0 Å². The first-order valence-corrected chi connectivity index (χ1v) is 7.76. The summed E-state index contributed by atoms with van der Waals surface area (Å²) in [6, 6.07) is 0. The van der Waals surface area contributed by atoms with E-state index >= 15 is 0 Å². The molecule has 3 heteroatoms. The zero-order valence-corrected chi connectivity index (χ0v) is 11.9. The van der Waals surface area contributed by atoms with Crippen molar-refractivity contribution in [3.63, 3.8) is 0 Å². The predicted molar refractivity (Wildman–Crippen MR) is 74.5 cm³/mol. The molecule has 3 nitrogen and oxygen atoms in total. The molecule has 2 heterocycles. The number of nitrogens with zero attached hydrogens (tertiary/aromatic N) is 2. The van der Waals surface area contributed by atoms with Crippen molar-refractivity contribution in [3.05, 3.63) is 0 Å². The third kappa shape index (κ3) is 4.27. The first-order chi connectivity index (χ1) is 8.75. The summed E-state index contributed by atoms with van der Waals surface area (Å²) in [5, 5.41) is 0.